The Balaban J connectivity index is 2.19. The van der Waals surface area contributed by atoms with Crippen molar-refractivity contribution in [2.45, 2.75) is 18.9 Å². The lowest BCUT2D eigenvalue weighted by Crippen LogP contribution is -2.43. The average Bonchev–Trinajstić information content (AvgIpc) is 2.78. The average molecular weight is 253 g/mol. The summed E-state index contributed by atoms with van der Waals surface area (Å²) in [4.78, 5) is 17.8. The fourth-order valence-corrected chi connectivity index (χ4v) is 2.20. The van der Waals surface area contributed by atoms with Gasteiger partial charge in [0.25, 0.3) is 5.91 Å². The Morgan fingerprint density at radius 2 is 2.35 bits per heavy atom. The third-order valence-electron chi connectivity index (χ3n) is 2.79. The number of hydrogen-bond donors (Lipinski definition) is 1. The quantitative estimate of drug-likeness (QED) is 0.802. The molecule has 17 heavy (non-hydrogen) atoms. The van der Waals surface area contributed by atoms with Crippen molar-refractivity contribution in [3.05, 3.63) is 29.8 Å². The summed E-state index contributed by atoms with van der Waals surface area (Å²) < 4.78 is 12.7. The second-order valence-corrected chi connectivity index (χ2v) is 4.39. The fourth-order valence-electron chi connectivity index (χ4n) is 1.96. The van der Waals surface area contributed by atoms with Gasteiger partial charge in [-0.1, -0.05) is 12.2 Å². The number of amides is 1. The van der Waals surface area contributed by atoms with Gasteiger partial charge in [0.05, 0.1) is 17.2 Å². The zero-order chi connectivity index (χ0) is 12.4. The fraction of sp³-hybridized carbons (Fsp3) is 0.364. The minimum atomic E-state index is -0.464. The maximum absolute atomic E-state index is 12.7. The molecule has 1 fully saturated rings. The van der Waals surface area contributed by atoms with Crippen LogP contribution in [0.3, 0.4) is 0 Å². The number of rotatable bonds is 2. The van der Waals surface area contributed by atoms with E-state index in [-0.39, 0.29) is 17.6 Å². The third kappa shape index (κ3) is 2.41. The van der Waals surface area contributed by atoms with Crippen LogP contribution in [-0.2, 0) is 0 Å². The zero-order valence-corrected chi connectivity index (χ0v) is 9.91. The summed E-state index contributed by atoms with van der Waals surface area (Å²) in [5, 5.41) is 0. The molecule has 2 N–H and O–H groups in total. The molecular weight excluding hydrogens is 241 g/mol. The van der Waals surface area contributed by atoms with Crippen LogP contribution in [-0.4, -0.2) is 33.4 Å². The molecule has 90 valence electrons. The molecule has 1 amide bonds. The largest absolute Gasteiger partial charge is 0.392 e. The van der Waals surface area contributed by atoms with Crippen molar-refractivity contribution in [2.24, 2.45) is 5.73 Å². The zero-order valence-electron chi connectivity index (χ0n) is 9.10. The summed E-state index contributed by atoms with van der Waals surface area (Å²) in [6.45, 7) is 0.611. The van der Waals surface area contributed by atoms with Crippen LogP contribution >= 0.6 is 12.2 Å². The van der Waals surface area contributed by atoms with E-state index >= 15 is 0 Å². The smallest absolute Gasteiger partial charge is 0.273 e. The van der Waals surface area contributed by atoms with E-state index < -0.39 is 5.82 Å². The van der Waals surface area contributed by atoms with Crippen molar-refractivity contribution in [3.63, 3.8) is 0 Å². The molecule has 1 aromatic heterocycles. The van der Waals surface area contributed by atoms with Crippen LogP contribution in [0.25, 0.3) is 0 Å². The first-order valence-corrected chi connectivity index (χ1v) is 5.72. The van der Waals surface area contributed by atoms with E-state index in [1.807, 2.05) is 0 Å². The van der Waals surface area contributed by atoms with E-state index in [0.717, 1.165) is 19.0 Å². The van der Waals surface area contributed by atoms with E-state index in [2.05, 4.69) is 4.98 Å². The Hall–Kier alpha value is -1.56. The first-order valence-electron chi connectivity index (χ1n) is 5.31. The molecule has 1 saturated heterocycles. The number of carbonyl (C=O) groups is 1. The minimum Gasteiger partial charge on any atom is -0.392 e. The maximum atomic E-state index is 12.7. The maximum Gasteiger partial charge on any atom is 0.273 e. The second kappa shape index (κ2) is 4.75. The Labute approximate surface area is 104 Å². The standard InChI is InChI=1S/C11H12FN3OS/c12-7-3-4-8(14-6-7)11(16)15-5-1-2-9(15)10(13)17/h3-4,6,9H,1-2,5H2,(H2,13,17). The predicted octanol–water partition coefficient (Wildman–Crippen LogP) is 1.11. The molecule has 1 aliphatic rings. The number of aromatic nitrogens is 1. The van der Waals surface area contributed by atoms with Crippen LogP contribution in [0, 0.1) is 5.82 Å². The molecule has 4 nitrogen and oxygen atoms in total. The van der Waals surface area contributed by atoms with Crippen LogP contribution in [0.5, 0.6) is 0 Å². The van der Waals surface area contributed by atoms with Gasteiger partial charge in [0.15, 0.2) is 0 Å². The van der Waals surface area contributed by atoms with Gasteiger partial charge in [-0.2, -0.15) is 0 Å². The molecule has 0 bridgehead atoms. The van der Waals surface area contributed by atoms with Gasteiger partial charge in [-0.3, -0.25) is 4.79 Å². The molecule has 1 aliphatic heterocycles. The molecule has 0 spiro atoms. The summed E-state index contributed by atoms with van der Waals surface area (Å²) in [5.74, 6) is -0.714. The Kier molecular flexibility index (Phi) is 3.33. The molecule has 1 aromatic rings. The van der Waals surface area contributed by atoms with Gasteiger partial charge < -0.3 is 10.6 Å². The summed E-state index contributed by atoms with van der Waals surface area (Å²) in [6, 6.07) is 2.38. The Bertz CT molecular complexity index is 449. The third-order valence-corrected chi connectivity index (χ3v) is 3.06. The van der Waals surface area contributed by atoms with Crippen LogP contribution in [0.1, 0.15) is 23.3 Å². The van der Waals surface area contributed by atoms with Gasteiger partial charge in [-0.15, -0.1) is 0 Å². The lowest BCUT2D eigenvalue weighted by Gasteiger charge is -2.23. The van der Waals surface area contributed by atoms with Gasteiger partial charge in [-0.25, -0.2) is 9.37 Å². The molecule has 1 unspecified atom stereocenters. The van der Waals surface area contributed by atoms with E-state index in [0.29, 0.717) is 11.5 Å². The summed E-state index contributed by atoms with van der Waals surface area (Å²) in [7, 11) is 0. The van der Waals surface area contributed by atoms with Crippen LogP contribution in [0.2, 0.25) is 0 Å². The molecule has 0 aromatic carbocycles. The van der Waals surface area contributed by atoms with Gasteiger partial charge in [0.1, 0.15) is 11.5 Å². The number of hydrogen-bond acceptors (Lipinski definition) is 3. The topological polar surface area (TPSA) is 59.2 Å². The highest BCUT2D eigenvalue weighted by molar-refractivity contribution is 7.80. The molecule has 2 rings (SSSR count). The number of nitrogens with two attached hydrogens (primary N) is 1. The molecule has 0 radical (unpaired) electrons. The lowest BCUT2D eigenvalue weighted by molar-refractivity contribution is 0.0764. The lowest BCUT2D eigenvalue weighted by atomic mass is 10.2. The summed E-state index contributed by atoms with van der Waals surface area (Å²) in [6.07, 6.45) is 2.68. The highest BCUT2D eigenvalue weighted by Crippen LogP contribution is 2.19. The molecule has 2 heterocycles. The van der Waals surface area contributed by atoms with Gasteiger partial charge in [-0.05, 0) is 25.0 Å². The van der Waals surface area contributed by atoms with E-state index in [9.17, 15) is 9.18 Å². The van der Waals surface area contributed by atoms with Gasteiger partial charge >= 0.3 is 0 Å². The van der Waals surface area contributed by atoms with Crippen LogP contribution in [0.15, 0.2) is 18.3 Å². The Morgan fingerprint density at radius 1 is 1.59 bits per heavy atom. The normalized spacial score (nSPS) is 19.4. The van der Waals surface area contributed by atoms with Crippen LogP contribution in [0.4, 0.5) is 4.39 Å². The molecule has 1 atom stereocenters. The summed E-state index contributed by atoms with van der Waals surface area (Å²) >= 11 is 4.93. The highest BCUT2D eigenvalue weighted by Gasteiger charge is 2.31. The number of halogens is 1. The number of nitrogens with zero attached hydrogens (tertiary/aromatic N) is 2. The van der Waals surface area contributed by atoms with Crippen molar-refractivity contribution >= 4 is 23.1 Å². The van der Waals surface area contributed by atoms with Gasteiger partial charge in [0, 0.05) is 6.54 Å². The van der Waals surface area contributed by atoms with E-state index in [1.54, 1.807) is 4.90 Å². The molecule has 0 saturated carbocycles. The number of pyridine rings is 1. The minimum absolute atomic E-state index is 0.204. The van der Waals surface area contributed by atoms with Crippen molar-refractivity contribution in [1.82, 2.24) is 9.88 Å². The van der Waals surface area contributed by atoms with E-state index in [4.69, 9.17) is 18.0 Å². The van der Waals surface area contributed by atoms with Crippen molar-refractivity contribution < 1.29 is 9.18 Å². The van der Waals surface area contributed by atoms with Gasteiger partial charge in [0.2, 0.25) is 0 Å². The number of likely N-dealkylation sites (tertiary alicyclic amines) is 1. The van der Waals surface area contributed by atoms with E-state index in [1.165, 1.54) is 12.1 Å². The van der Waals surface area contributed by atoms with Crippen molar-refractivity contribution in [2.75, 3.05) is 6.54 Å². The summed E-state index contributed by atoms with van der Waals surface area (Å²) in [5.41, 5.74) is 5.80. The SMILES string of the molecule is NC(=S)C1CCCN1C(=O)c1ccc(F)cn1. The van der Waals surface area contributed by atoms with Crippen molar-refractivity contribution in [1.29, 1.82) is 0 Å². The first-order chi connectivity index (χ1) is 8.09. The van der Waals surface area contributed by atoms with Crippen molar-refractivity contribution in [3.8, 4) is 0 Å². The molecule has 0 aliphatic carbocycles. The Morgan fingerprint density at radius 3 is 2.94 bits per heavy atom. The predicted molar refractivity (Wildman–Crippen MR) is 65.0 cm³/mol. The number of thiocarbonyl (C=S) groups is 1. The first kappa shape index (κ1) is 11.9. The molecular formula is C11H12FN3OS. The second-order valence-electron chi connectivity index (χ2n) is 3.92. The highest BCUT2D eigenvalue weighted by atomic mass is 32.1. The van der Waals surface area contributed by atoms with Crippen LogP contribution < -0.4 is 5.73 Å². The number of carbonyl (C=O) groups excluding carboxylic acids is 1. The molecule has 6 heteroatoms. The monoisotopic (exact) mass is 253 g/mol.